The molecule has 0 aromatic heterocycles. The van der Waals surface area contributed by atoms with Gasteiger partial charge in [0, 0.05) is 0 Å². The van der Waals surface area contributed by atoms with Gasteiger partial charge >= 0.3 is 0 Å². The molecule has 6 heavy (non-hydrogen) atoms. The second-order valence-corrected chi connectivity index (χ2v) is 0.316. The number of nitriles is 1. The van der Waals surface area contributed by atoms with E-state index in [4.69, 9.17) is 15.2 Å². The first-order valence-electron chi connectivity index (χ1n) is 1.18. The summed E-state index contributed by atoms with van der Waals surface area (Å²) in [6.07, 6.45) is 0. The van der Waals surface area contributed by atoms with Gasteiger partial charge in [0.25, 0.3) is 0 Å². The second kappa shape index (κ2) is 32.0. The summed E-state index contributed by atoms with van der Waals surface area (Å²) in [5.41, 5.74) is 0. The molecule has 0 spiro atoms. The molecule has 0 unspecified atom stereocenters. The number of carbonyl (C=O) groups is 1. The maximum atomic E-state index is 8.00. The van der Waals surface area contributed by atoms with Crippen molar-refractivity contribution in [2.45, 2.75) is 0 Å². The van der Waals surface area contributed by atoms with Gasteiger partial charge in [0.1, 0.15) is 13.4 Å². The first kappa shape index (κ1) is 8.93. The van der Waals surface area contributed by atoms with Gasteiger partial charge in [-0.25, -0.2) is 0 Å². The van der Waals surface area contributed by atoms with Crippen molar-refractivity contribution in [2.75, 3.05) is 6.61 Å². The van der Waals surface area contributed by atoms with Crippen LogP contribution in [0.3, 0.4) is 0 Å². The van der Waals surface area contributed by atoms with Crippen molar-refractivity contribution in [3.63, 3.8) is 0 Å². The highest BCUT2D eigenvalue weighted by Gasteiger charge is 1.49. The van der Waals surface area contributed by atoms with E-state index in [-0.39, 0.29) is 6.61 Å². The van der Waals surface area contributed by atoms with Crippen molar-refractivity contribution < 1.29 is 9.90 Å². The first-order valence-corrected chi connectivity index (χ1v) is 1.18. The predicted octanol–water partition coefficient (Wildman–Crippen LogP) is -0.683. The van der Waals surface area contributed by atoms with Crippen LogP contribution >= 0.6 is 0 Å². The van der Waals surface area contributed by atoms with Gasteiger partial charge in [0.05, 0.1) is 6.07 Å². The highest BCUT2D eigenvalue weighted by Crippen LogP contribution is 1.34. The van der Waals surface area contributed by atoms with Crippen LogP contribution in [0.15, 0.2) is 0 Å². The topological polar surface area (TPSA) is 61.1 Å². The number of rotatable bonds is 0. The lowest BCUT2D eigenvalue weighted by Gasteiger charge is -1.50. The quantitative estimate of drug-likeness (QED) is 0.398. The zero-order chi connectivity index (χ0) is 5.41. The standard InChI is InChI=1S/C2H3NO.CH2O/c3-1-2-4;1-2/h4H,2H2;1H2. The van der Waals surface area contributed by atoms with Crippen LogP contribution in [-0.4, -0.2) is 18.5 Å². The lowest BCUT2D eigenvalue weighted by atomic mass is 10.9. The van der Waals surface area contributed by atoms with Crippen LogP contribution in [0, 0.1) is 11.3 Å². The minimum atomic E-state index is -0.375. The molecule has 0 aliphatic rings. The number of carbonyl (C=O) groups excluding carboxylic acids is 1. The van der Waals surface area contributed by atoms with Crippen LogP contribution in [0.2, 0.25) is 0 Å². The summed E-state index contributed by atoms with van der Waals surface area (Å²) in [5, 5.41) is 14.9. The van der Waals surface area contributed by atoms with E-state index >= 15 is 0 Å². The molecule has 3 heteroatoms. The average Bonchev–Trinajstić information content (AvgIpc) is 1.72. The van der Waals surface area contributed by atoms with E-state index < -0.39 is 0 Å². The molecule has 34 valence electrons. The summed E-state index contributed by atoms with van der Waals surface area (Å²) >= 11 is 0. The Balaban J connectivity index is 0. The fourth-order valence-electron chi connectivity index (χ4n) is 0. The fourth-order valence-corrected chi connectivity index (χ4v) is 0. The Bertz CT molecular complexity index is 47.2. The summed E-state index contributed by atoms with van der Waals surface area (Å²) in [6.45, 7) is 1.62. The van der Waals surface area contributed by atoms with Crippen LogP contribution in [0.1, 0.15) is 0 Å². The van der Waals surface area contributed by atoms with E-state index in [1.807, 2.05) is 6.79 Å². The van der Waals surface area contributed by atoms with E-state index in [2.05, 4.69) is 0 Å². The zero-order valence-corrected chi connectivity index (χ0v) is 3.22. The molecule has 0 fully saturated rings. The molecule has 0 aromatic carbocycles. The molecule has 0 radical (unpaired) electrons. The van der Waals surface area contributed by atoms with E-state index in [1.54, 1.807) is 0 Å². The highest BCUT2D eigenvalue weighted by atomic mass is 16.2. The number of aliphatic hydroxyl groups excluding tert-OH is 1. The Morgan fingerprint density at radius 1 is 1.83 bits per heavy atom. The van der Waals surface area contributed by atoms with Gasteiger partial charge in [-0.05, 0) is 0 Å². The Morgan fingerprint density at radius 2 is 2.00 bits per heavy atom. The fraction of sp³-hybridized carbons (Fsp3) is 0.333. The summed E-state index contributed by atoms with van der Waals surface area (Å²) in [7, 11) is 0. The van der Waals surface area contributed by atoms with E-state index in [1.165, 1.54) is 6.07 Å². The molecule has 0 aliphatic heterocycles. The van der Waals surface area contributed by atoms with Crippen LogP contribution < -0.4 is 0 Å². The normalized spacial score (nSPS) is 4.00. The third-order valence-electron chi connectivity index (χ3n) is 0.0707. The minimum absolute atomic E-state index is 0.375. The lowest BCUT2D eigenvalue weighted by molar-refractivity contribution is -0.0979. The number of nitrogens with zero attached hydrogens (tertiary/aromatic N) is 1. The maximum Gasteiger partial charge on any atom is 0.130 e. The smallest absolute Gasteiger partial charge is 0.130 e. The molecule has 0 bridgehead atoms. The SMILES string of the molecule is C=O.N#CCO. The largest absolute Gasteiger partial charge is 0.381 e. The molecular weight excluding hydrogens is 82.0 g/mol. The van der Waals surface area contributed by atoms with Crippen molar-refractivity contribution in [3.05, 3.63) is 0 Å². The molecule has 0 saturated carbocycles. The number of aliphatic hydroxyl groups is 1. The molecule has 0 aromatic rings. The monoisotopic (exact) mass is 87.0 g/mol. The maximum absolute atomic E-state index is 8.00. The van der Waals surface area contributed by atoms with Gasteiger partial charge in [-0.15, -0.1) is 0 Å². The number of hydrogen-bond donors (Lipinski definition) is 1. The summed E-state index contributed by atoms with van der Waals surface area (Å²) in [5.74, 6) is 0. The van der Waals surface area contributed by atoms with Gasteiger partial charge in [-0.3, -0.25) is 0 Å². The Kier molecular flexibility index (Phi) is 47.6. The first-order chi connectivity index (χ1) is 2.91. The third kappa shape index (κ3) is 974. The molecule has 0 aliphatic carbocycles. The van der Waals surface area contributed by atoms with E-state index in [9.17, 15) is 0 Å². The zero-order valence-electron chi connectivity index (χ0n) is 3.22. The van der Waals surface area contributed by atoms with Crippen molar-refractivity contribution in [1.29, 1.82) is 5.26 Å². The van der Waals surface area contributed by atoms with Crippen molar-refractivity contribution >= 4 is 6.79 Å². The Hall–Kier alpha value is -0.880. The molecule has 0 saturated heterocycles. The highest BCUT2D eigenvalue weighted by molar-refractivity contribution is 5.10. The van der Waals surface area contributed by atoms with Gasteiger partial charge in [0.2, 0.25) is 0 Å². The molecule has 0 rings (SSSR count). The average molecular weight is 87.1 g/mol. The van der Waals surface area contributed by atoms with Crippen LogP contribution in [0.4, 0.5) is 0 Å². The molecule has 1 N–H and O–H groups in total. The number of hydrogen-bond acceptors (Lipinski definition) is 3. The Morgan fingerprint density at radius 3 is 2.00 bits per heavy atom. The van der Waals surface area contributed by atoms with Crippen LogP contribution in [-0.2, 0) is 4.79 Å². The van der Waals surface area contributed by atoms with E-state index in [0.717, 1.165) is 0 Å². The van der Waals surface area contributed by atoms with Crippen molar-refractivity contribution in [2.24, 2.45) is 0 Å². The van der Waals surface area contributed by atoms with Gasteiger partial charge in [-0.2, -0.15) is 5.26 Å². The summed E-state index contributed by atoms with van der Waals surface area (Å²) in [6, 6.07) is 1.49. The molecular formula is C3H5NO2. The van der Waals surface area contributed by atoms with Crippen LogP contribution in [0.5, 0.6) is 0 Å². The molecule has 0 amide bonds. The summed E-state index contributed by atoms with van der Waals surface area (Å²) < 4.78 is 0. The summed E-state index contributed by atoms with van der Waals surface area (Å²) in [4.78, 5) is 8.00. The van der Waals surface area contributed by atoms with Gasteiger partial charge in [0.15, 0.2) is 0 Å². The van der Waals surface area contributed by atoms with E-state index in [0.29, 0.717) is 0 Å². The van der Waals surface area contributed by atoms with Crippen molar-refractivity contribution in [3.8, 4) is 6.07 Å². The Labute approximate surface area is 35.8 Å². The van der Waals surface area contributed by atoms with Crippen molar-refractivity contribution in [1.82, 2.24) is 0 Å². The predicted molar refractivity (Wildman–Crippen MR) is 19.8 cm³/mol. The van der Waals surface area contributed by atoms with Gasteiger partial charge in [-0.1, -0.05) is 0 Å². The minimum Gasteiger partial charge on any atom is -0.381 e. The lowest BCUT2D eigenvalue weighted by Crippen LogP contribution is -1.64. The third-order valence-corrected chi connectivity index (χ3v) is 0.0707. The molecule has 3 nitrogen and oxygen atoms in total. The molecule has 0 heterocycles. The second-order valence-electron chi connectivity index (χ2n) is 0.316. The molecule has 0 atom stereocenters. The van der Waals surface area contributed by atoms with Crippen LogP contribution in [0.25, 0.3) is 0 Å². The van der Waals surface area contributed by atoms with Gasteiger partial charge < -0.3 is 9.90 Å².